The molecule has 0 amide bonds. The van der Waals surface area contributed by atoms with Gasteiger partial charge in [-0.25, -0.2) is 4.39 Å². The number of hydrogen-bond donors (Lipinski definition) is 1. The molecule has 6 heteroatoms. The third-order valence-corrected chi connectivity index (χ3v) is 5.74. The molecule has 0 aliphatic rings. The van der Waals surface area contributed by atoms with Crippen molar-refractivity contribution in [2.24, 2.45) is 0 Å². The molecule has 1 heterocycles. The molecule has 1 aromatic carbocycles. The topological polar surface area (TPSA) is 29.5 Å². The zero-order valence-corrected chi connectivity index (χ0v) is 13.3. The van der Waals surface area contributed by atoms with Gasteiger partial charge in [0.2, 0.25) is 0 Å². The normalized spacial score (nSPS) is 12.5. The van der Waals surface area contributed by atoms with Crippen molar-refractivity contribution >= 4 is 43.2 Å². The Hall–Kier alpha value is -0.430. The second-order valence-electron chi connectivity index (χ2n) is 3.56. The minimum atomic E-state index is -0.983. The van der Waals surface area contributed by atoms with Crippen LogP contribution in [-0.2, 0) is 0 Å². The summed E-state index contributed by atoms with van der Waals surface area (Å²) in [5.41, 5.74) is 0.233. The summed E-state index contributed by atoms with van der Waals surface area (Å²) < 4.78 is 20.5. The molecule has 0 spiro atoms. The van der Waals surface area contributed by atoms with Gasteiger partial charge in [0.1, 0.15) is 17.7 Å². The first kappa shape index (κ1) is 14.0. The molecule has 0 saturated carbocycles. The minimum absolute atomic E-state index is 0.233. The predicted octanol–water partition coefficient (Wildman–Crippen LogP) is 4.50. The zero-order valence-electron chi connectivity index (χ0n) is 9.28. The van der Waals surface area contributed by atoms with Crippen LogP contribution in [0.3, 0.4) is 0 Å². The van der Waals surface area contributed by atoms with Gasteiger partial charge in [-0.15, -0.1) is 11.3 Å². The van der Waals surface area contributed by atoms with Gasteiger partial charge in [0.05, 0.1) is 10.9 Å². The maximum atomic E-state index is 13.8. The van der Waals surface area contributed by atoms with Crippen LogP contribution < -0.4 is 4.74 Å². The molecule has 1 N–H and O–H groups in total. The van der Waals surface area contributed by atoms with E-state index in [-0.39, 0.29) is 5.56 Å². The lowest BCUT2D eigenvalue weighted by Crippen LogP contribution is -2.00. The molecule has 0 radical (unpaired) electrons. The van der Waals surface area contributed by atoms with Crippen molar-refractivity contribution in [2.75, 3.05) is 7.11 Å². The summed E-state index contributed by atoms with van der Waals surface area (Å²) in [5, 5.41) is 10.2. The van der Waals surface area contributed by atoms with E-state index in [1.807, 2.05) is 0 Å². The molecular weight excluding hydrogens is 387 g/mol. The van der Waals surface area contributed by atoms with Crippen LogP contribution >= 0.6 is 43.2 Å². The summed E-state index contributed by atoms with van der Waals surface area (Å²) in [5.74, 6) is -0.0560. The van der Waals surface area contributed by atoms with E-state index in [0.29, 0.717) is 10.6 Å². The standard InChI is InChI=1S/C12H9Br2FO2S/c1-17-6-2-3-7(9(15)4-6)11(16)10-5-8(13)12(14)18-10/h2-5,11,16H,1H3. The van der Waals surface area contributed by atoms with Crippen molar-refractivity contribution in [1.82, 2.24) is 0 Å². The van der Waals surface area contributed by atoms with Gasteiger partial charge in [0.15, 0.2) is 0 Å². The van der Waals surface area contributed by atoms with Crippen LogP contribution in [0.1, 0.15) is 16.5 Å². The molecule has 1 unspecified atom stereocenters. The van der Waals surface area contributed by atoms with Crippen LogP contribution in [-0.4, -0.2) is 12.2 Å². The molecular formula is C12H9Br2FO2S. The van der Waals surface area contributed by atoms with Crippen molar-refractivity contribution in [3.05, 3.63) is 48.8 Å². The number of aliphatic hydroxyl groups excluding tert-OH is 1. The maximum Gasteiger partial charge on any atom is 0.133 e. The SMILES string of the molecule is COc1ccc(C(O)c2cc(Br)c(Br)s2)c(F)c1. The minimum Gasteiger partial charge on any atom is -0.497 e. The number of aliphatic hydroxyl groups is 1. The smallest absolute Gasteiger partial charge is 0.133 e. The van der Waals surface area contributed by atoms with E-state index in [4.69, 9.17) is 4.74 Å². The molecule has 0 aliphatic carbocycles. The van der Waals surface area contributed by atoms with Crippen LogP contribution in [0.2, 0.25) is 0 Å². The van der Waals surface area contributed by atoms with E-state index in [1.165, 1.54) is 30.6 Å². The van der Waals surface area contributed by atoms with Crippen molar-refractivity contribution < 1.29 is 14.2 Å². The highest BCUT2D eigenvalue weighted by Gasteiger charge is 2.18. The molecule has 2 nitrogen and oxygen atoms in total. The van der Waals surface area contributed by atoms with E-state index in [9.17, 15) is 9.50 Å². The second kappa shape index (κ2) is 5.69. The average molecular weight is 396 g/mol. The Kier molecular flexibility index (Phi) is 4.42. The monoisotopic (exact) mass is 394 g/mol. The van der Waals surface area contributed by atoms with Gasteiger partial charge in [0.25, 0.3) is 0 Å². The fourth-order valence-corrected chi connectivity index (χ4v) is 3.60. The number of halogens is 3. The molecule has 1 atom stereocenters. The highest BCUT2D eigenvalue weighted by molar-refractivity contribution is 9.13. The van der Waals surface area contributed by atoms with E-state index in [2.05, 4.69) is 31.9 Å². The molecule has 2 aromatic rings. The molecule has 0 bridgehead atoms. The zero-order chi connectivity index (χ0) is 13.3. The fraction of sp³-hybridized carbons (Fsp3) is 0.167. The van der Waals surface area contributed by atoms with Gasteiger partial charge >= 0.3 is 0 Å². The van der Waals surface area contributed by atoms with Crippen molar-refractivity contribution in [3.8, 4) is 5.75 Å². The Labute approximate surface area is 125 Å². The molecule has 0 saturated heterocycles. The highest BCUT2D eigenvalue weighted by atomic mass is 79.9. The Bertz CT molecular complexity index is 552. The summed E-state index contributed by atoms with van der Waals surface area (Å²) in [7, 11) is 1.47. The second-order valence-corrected chi connectivity index (χ2v) is 6.82. The number of ether oxygens (including phenoxy) is 1. The van der Waals surface area contributed by atoms with Crippen LogP contribution in [0.5, 0.6) is 5.75 Å². The van der Waals surface area contributed by atoms with Gasteiger partial charge in [-0.05, 0) is 50.1 Å². The average Bonchev–Trinajstić information content (AvgIpc) is 2.68. The van der Waals surface area contributed by atoms with Crippen molar-refractivity contribution in [3.63, 3.8) is 0 Å². The van der Waals surface area contributed by atoms with Crippen molar-refractivity contribution in [1.29, 1.82) is 0 Å². The molecule has 1 aromatic heterocycles. The van der Waals surface area contributed by atoms with Crippen LogP contribution in [0.4, 0.5) is 4.39 Å². The van der Waals surface area contributed by atoms with Gasteiger partial charge < -0.3 is 9.84 Å². The first-order valence-corrected chi connectivity index (χ1v) is 7.39. The van der Waals surface area contributed by atoms with Crippen LogP contribution in [0, 0.1) is 5.82 Å². The van der Waals surface area contributed by atoms with Gasteiger partial charge in [-0.3, -0.25) is 0 Å². The first-order valence-electron chi connectivity index (χ1n) is 4.99. The highest BCUT2D eigenvalue weighted by Crippen LogP contribution is 2.38. The Morgan fingerprint density at radius 3 is 2.56 bits per heavy atom. The molecule has 0 aliphatic heterocycles. The fourth-order valence-electron chi connectivity index (χ4n) is 1.51. The lowest BCUT2D eigenvalue weighted by molar-refractivity contribution is 0.218. The van der Waals surface area contributed by atoms with E-state index < -0.39 is 11.9 Å². The van der Waals surface area contributed by atoms with Gasteiger partial charge in [-0.1, -0.05) is 0 Å². The van der Waals surface area contributed by atoms with Crippen molar-refractivity contribution in [2.45, 2.75) is 6.10 Å². The summed E-state index contributed by atoms with van der Waals surface area (Å²) in [6.07, 6.45) is -0.983. The third-order valence-electron chi connectivity index (χ3n) is 2.44. The lowest BCUT2D eigenvalue weighted by atomic mass is 10.1. The largest absolute Gasteiger partial charge is 0.497 e. The quantitative estimate of drug-likeness (QED) is 0.828. The Balaban J connectivity index is 2.36. The summed E-state index contributed by atoms with van der Waals surface area (Å²) in [6, 6.07) is 6.18. The van der Waals surface area contributed by atoms with Gasteiger partial charge in [-0.2, -0.15) is 0 Å². The maximum absolute atomic E-state index is 13.8. The molecule has 2 rings (SSSR count). The van der Waals surface area contributed by atoms with Gasteiger partial charge in [0, 0.05) is 21.0 Å². The number of thiophene rings is 1. The molecule has 0 fully saturated rings. The third kappa shape index (κ3) is 2.77. The lowest BCUT2D eigenvalue weighted by Gasteiger charge is -2.11. The van der Waals surface area contributed by atoms with E-state index in [1.54, 1.807) is 12.1 Å². The Morgan fingerprint density at radius 1 is 1.33 bits per heavy atom. The summed E-state index contributed by atoms with van der Waals surface area (Å²) in [6.45, 7) is 0. The number of hydrogen-bond acceptors (Lipinski definition) is 3. The predicted molar refractivity (Wildman–Crippen MR) is 76.7 cm³/mol. The number of rotatable bonds is 3. The number of benzene rings is 1. The Morgan fingerprint density at radius 2 is 2.06 bits per heavy atom. The number of methoxy groups -OCH3 is 1. The summed E-state index contributed by atoms with van der Waals surface area (Å²) >= 11 is 8.04. The van der Waals surface area contributed by atoms with E-state index >= 15 is 0 Å². The van der Waals surface area contributed by atoms with Crippen LogP contribution in [0.15, 0.2) is 32.5 Å². The van der Waals surface area contributed by atoms with E-state index in [0.717, 1.165) is 8.26 Å². The summed E-state index contributed by atoms with van der Waals surface area (Å²) in [4.78, 5) is 0.665. The molecule has 18 heavy (non-hydrogen) atoms. The first-order chi connectivity index (χ1) is 8.52. The molecule has 96 valence electrons. The van der Waals surface area contributed by atoms with Crippen LogP contribution in [0.25, 0.3) is 0 Å².